The maximum Gasteiger partial charge on any atom is 0.290 e. The van der Waals surface area contributed by atoms with Crippen LogP contribution in [0.1, 0.15) is 35.6 Å². The van der Waals surface area contributed by atoms with Gasteiger partial charge in [0.1, 0.15) is 5.82 Å². The summed E-state index contributed by atoms with van der Waals surface area (Å²) in [4.78, 5) is 21.4. The standard InChI is InChI=1S/C28H29N7.2CH2O2/c1-19(21-10-8-20(13-29)9-11-21)14-31-27(22-6-4-3-5-7-22)26-17-30-25-12-23(15-32-28(25)34-26)24-16-33-35(2)18-24;2*2-1-3/h3-12,15-16,18-19,26-27,30-31H,14,17H2,1-2H3,(H,32,34);2*1H,(H,2,3)/t19-,26-,27-;;/m0../s1. The molecule has 4 aromatic rings. The molecule has 0 spiro atoms. The Morgan fingerprint density at radius 3 is 2.37 bits per heavy atom. The Kier molecular flexibility index (Phi) is 11.4. The fourth-order valence-electron chi connectivity index (χ4n) is 4.55. The van der Waals surface area contributed by atoms with Gasteiger partial charge in [0.25, 0.3) is 12.9 Å². The van der Waals surface area contributed by atoms with Crippen molar-refractivity contribution < 1.29 is 19.8 Å². The Balaban J connectivity index is 0.000000710. The molecular formula is C30H33N7O4. The largest absolute Gasteiger partial charge is 0.483 e. The first-order valence-electron chi connectivity index (χ1n) is 12.9. The van der Waals surface area contributed by atoms with Crippen molar-refractivity contribution in [2.24, 2.45) is 7.05 Å². The Bertz CT molecular complexity index is 1430. The summed E-state index contributed by atoms with van der Waals surface area (Å²) in [7, 11) is 1.92. The number of anilines is 2. The van der Waals surface area contributed by atoms with Crippen LogP contribution in [0, 0.1) is 11.3 Å². The van der Waals surface area contributed by atoms with Crippen LogP contribution >= 0.6 is 0 Å². The zero-order valence-electron chi connectivity index (χ0n) is 22.8. The molecule has 0 aliphatic carbocycles. The molecule has 0 saturated heterocycles. The second kappa shape index (κ2) is 15.4. The van der Waals surface area contributed by atoms with E-state index in [4.69, 9.17) is 30.0 Å². The van der Waals surface area contributed by atoms with Crippen LogP contribution in [0.2, 0.25) is 0 Å². The van der Waals surface area contributed by atoms with Gasteiger partial charge >= 0.3 is 0 Å². The molecule has 0 saturated carbocycles. The molecule has 5 N–H and O–H groups in total. The van der Waals surface area contributed by atoms with E-state index in [0.717, 1.165) is 35.7 Å². The van der Waals surface area contributed by atoms with Crippen molar-refractivity contribution >= 4 is 24.4 Å². The van der Waals surface area contributed by atoms with Crippen molar-refractivity contribution in [3.8, 4) is 17.2 Å². The van der Waals surface area contributed by atoms with Crippen molar-refractivity contribution in [3.63, 3.8) is 0 Å². The number of hydrogen-bond donors (Lipinski definition) is 5. The molecule has 212 valence electrons. The number of aromatic nitrogens is 3. The second-order valence-electron chi connectivity index (χ2n) is 9.30. The third kappa shape index (κ3) is 8.39. The molecule has 0 fully saturated rings. The van der Waals surface area contributed by atoms with Crippen LogP contribution in [0.5, 0.6) is 0 Å². The highest BCUT2D eigenvalue weighted by Gasteiger charge is 2.28. The van der Waals surface area contributed by atoms with Crippen LogP contribution < -0.4 is 16.0 Å². The summed E-state index contributed by atoms with van der Waals surface area (Å²) in [5.41, 5.74) is 6.22. The molecule has 0 bridgehead atoms. The summed E-state index contributed by atoms with van der Waals surface area (Å²) in [6.45, 7) is 3.28. The number of pyridine rings is 1. The maximum atomic E-state index is 9.07. The Labute approximate surface area is 238 Å². The van der Waals surface area contributed by atoms with Gasteiger partial charge in [-0.25, -0.2) is 4.98 Å². The number of carboxylic acid groups (broad SMARTS) is 2. The van der Waals surface area contributed by atoms with Gasteiger partial charge in [-0.05, 0) is 35.2 Å². The molecule has 2 aromatic carbocycles. The van der Waals surface area contributed by atoms with E-state index in [1.807, 2.05) is 56.0 Å². The van der Waals surface area contributed by atoms with Crippen LogP contribution in [0.3, 0.4) is 0 Å². The second-order valence-corrected chi connectivity index (χ2v) is 9.30. The molecule has 41 heavy (non-hydrogen) atoms. The summed E-state index contributed by atoms with van der Waals surface area (Å²) in [6.07, 6.45) is 5.74. The van der Waals surface area contributed by atoms with E-state index in [-0.39, 0.29) is 25.0 Å². The zero-order chi connectivity index (χ0) is 29.6. The van der Waals surface area contributed by atoms with E-state index in [1.54, 1.807) is 4.68 Å². The minimum Gasteiger partial charge on any atom is -0.483 e. The fraction of sp³-hybridized carbons (Fsp3) is 0.233. The lowest BCUT2D eigenvalue weighted by Gasteiger charge is -2.35. The lowest BCUT2D eigenvalue weighted by molar-refractivity contribution is -0.123. The number of hydrogen-bond acceptors (Lipinski definition) is 8. The van der Waals surface area contributed by atoms with Gasteiger partial charge in [0.2, 0.25) is 0 Å². The number of nitrogens with zero attached hydrogens (tertiary/aromatic N) is 4. The Morgan fingerprint density at radius 1 is 1.07 bits per heavy atom. The third-order valence-electron chi connectivity index (χ3n) is 6.57. The van der Waals surface area contributed by atoms with Crippen LogP contribution in [0.4, 0.5) is 11.5 Å². The summed E-state index contributed by atoms with van der Waals surface area (Å²) < 4.78 is 1.80. The van der Waals surface area contributed by atoms with Crippen LogP contribution in [-0.2, 0) is 16.6 Å². The van der Waals surface area contributed by atoms with Gasteiger partial charge in [-0.3, -0.25) is 14.3 Å². The Hall–Kier alpha value is -5.21. The monoisotopic (exact) mass is 555 g/mol. The number of nitriles is 1. The molecule has 1 aliphatic heterocycles. The van der Waals surface area contributed by atoms with E-state index in [0.29, 0.717) is 11.5 Å². The van der Waals surface area contributed by atoms with Crippen molar-refractivity contribution in [2.75, 3.05) is 23.7 Å². The number of fused-ring (bicyclic) bond motifs is 1. The number of benzene rings is 2. The lowest BCUT2D eigenvalue weighted by Crippen LogP contribution is -2.45. The van der Waals surface area contributed by atoms with Gasteiger partial charge in [0.05, 0.1) is 35.6 Å². The molecular weight excluding hydrogens is 522 g/mol. The smallest absolute Gasteiger partial charge is 0.290 e. The molecule has 0 amide bonds. The SMILES string of the molecule is C[C@@H](CN[C@@H](c1ccccc1)[C@@H]1CNc2cc(-c3cnn(C)c3)cnc2N1)c1ccc(C#N)cc1.O=CO.O=CO. The van der Waals surface area contributed by atoms with E-state index >= 15 is 0 Å². The van der Waals surface area contributed by atoms with Crippen molar-refractivity contribution in [1.82, 2.24) is 20.1 Å². The van der Waals surface area contributed by atoms with Crippen LogP contribution in [-0.4, -0.2) is 57.1 Å². The number of nitrogens with one attached hydrogen (secondary N) is 3. The van der Waals surface area contributed by atoms with Crippen molar-refractivity contribution in [3.05, 3.63) is 95.9 Å². The van der Waals surface area contributed by atoms with Gasteiger partial charge in [0, 0.05) is 43.7 Å². The normalized spacial score (nSPS) is 14.5. The molecule has 3 atom stereocenters. The molecule has 11 nitrogen and oxygen atoms in total. The third-order valence-corrected chi connectivity index (χ3v) is 6.57. The highest BCUT2D eigenvalue weighted by Crippen LogP contribution is 2.32. The zero-order valence-corrected chi connectivity index (χ0v) is 22.8. The van der Waals surface area contributed by atoms with Gasteiger partial charge < -0.3 is 26.2 Å². The minimum absolute atomic E-state index is 0.0949. The van der Waals surface area contributed by atoms with Gasteiger partial charge in [0.15, 0.2) is 0 Å². The van der Waals surface area contributed by atoms with Crippen LogP contribution in [0.15, 0.2) is 79.3 Å². The molecule has 3 heterocycles. The van der Waals surface area contributed by atoms with E-state index in [1.165, 1.54) is 11.1 Å². The average molecular weight is 556 g/mol. The predicted molar refractivity (Wildman–Crippen MR) is 156 cm³/mol. The van der Waals surface area contributed by atoms with Crippen molar-refractivity contribution in [2.45, 2.75) is 24.9 Å². The maximum absolute atomic E-state index is 9.07. The van der Waals surface area contributed by atoms with E-state index in [9.17, 15) is 0 Å². The number of rotatable bonds is 7. The molecule has 5 rings (SSSR count). The van der Waals surface area contributed by atoms with E-state index in [2.05, 4.69) is 64.4 Å². The van der Waals surface area contributed by atoms with Gasteiger partial charge in [-0.2, -0.15) is 10.4 Å². The van der Waals surface area contributed by atoms with Crippen LogP contribution in [0.25, 0.3) is 11.1 Å². The predicted octanol–water partition coefficient (Wildman–Crippen LogP) is 4.10. The van der Waals surface area contributed by atoms with Gasteiger partial charge in [-0.15, -0.1) is 0 Å². The summed E-state index contributed by atoms with van der Waals surface area (Å²) in [6, 6.07) is 22.9. The molecule has 1 aliphatic rings. The summed E-state index contributed by atoms with van der Waals surface area (Å²) in [5.74, 6) is 1.16. The highest BCUT2D eigenvalue weighted by atomic mass is 16.3. The molecule has 0 unspecified atom stereocenters. The molecule has 2 aromatic heterocycles. The fourth-order valence-corrected chi connectivity index (χ4v) is 4.55. The highest BCUT2D eigenvalue weighted by molar-refractivity contribution is 5.75. The average Bonchev–Trinajstić information content (AvgIpc) is 3.44. The summed E-state index contributed by atoms with van der Waals surface area (Å²) >= 11 is 0. The number of carbonyl (C=O) groups is 2. The summed E-state index contributed by atoms with van der Waals surface area (Å²) in [5, 5.41) is 38.2. The van der Waals surface area contributed by atoms with Crippen molar-refractivity contribution in [1.29, 1.82) is 5.26 Å². The number of aryl methyl sites for hydroxylation is 1. The Morgan fingerprint density at radius 2 is 1.76 bits per heavy atom. The molecule has 11 heteroatoms. The molecule has 0 radical (unpaired) electrons. The first-order valence-corrected chi connectivity index (χ1v) is 12.9. The first-order chi connectivity index (χ1) is 19.9. The quantitative estimate of drug-likeness (QED) is 0.210. The topological polar surface area (TPSA) is 165 Å². The first kappa shape index (κ1) is 30.3. The lowest BCUT2D eigenvalue weighted by atomic mass is 9.95. The van der Waals surface area contributed by atoms with Gasteiger partial charge in [-0.1, -0.05) is 49.4 Å². The van der Waals surface area contributed by atoms with E-state index < -0.39 is 0 Å². The minimum atomic E-state index is -0.250.